The summed E-state index contributed by atoms with van der Waals surface area (Å²) in [6.07, 6.45) is 1.76. The molecule has 1 unspecified atom stereocenters. The Kier molecular flexibility index (Phi) is 4.82. The summed E-state index contributed by atoms with van der Waals surface area (Å²) in [5.74, 6) is -1.13. The number of aryl methyl sites for hydroxylation is 1. The highest BCUT2D eigenvalue weighted by molar-refractivity contribution is 6.10. The molecule has 2 aromatic rings. The second-order valence-corrected chi connectivity index (χ2v) is 7.37. The first-order chi connectivity index (χ1) is 14.0. The smallest absolute Gasteiger partial charge is 0.319 e. The molecule has 2 heterocycles. The Labute approximate surface area is 168 Å². The highest BCUT2D eigenvalue weighted by atomic mass is 19.1. The van der Waals surface area contributed by atoms with Crippen LogP contribution in [0.3, 0.4) is 0 Å². The molecule has 0 saturated carbocycles. The van der Waals surface area contributed by atoms with E-state index in [0.717, 1.165) is 10.5 Å². The van der Waals surface area contributed by atoms with Crippen molar-refractivity contribution in [3.05, 3.63) is 65.5 Å². The Bertz CT molecular complexity index is 979. The summed E-state index contributed by atoms with van der Waals surface area (Å²) in [5.41, 5.74) is 0.921. The third-order valence-corrected chi connectivity index (χ3v) is 5.73. The Hall–Kier alpha value is -3.22. The van der Waals surface area contributed by atoms with Crippen LogP contribution < -0.4 is 10.2 Å². The first-order valence-electron chi connectivity index (χ1n) is 9.74. The zero-order valence-corrected chi connectivity index (χ0v) is 16.2. The molecular formula is C22H22FN3O3. The molecule has 4 rings (SSSR count). The van der Waals surface area contributed by atoms with Crippen molar-refractivity contribution in [1.29, 1.82) is 0 Å². The number of nitrogens with zero attached hydrogens (tertiary/aromatic N) is 2. The molecule has 150 valence electrons. The number of hydrogen-bond acceptors (Lipinski definition) is 3. The fourth-order valence-corrected chi connectivity index (χ4v) is 4.18. The number of fused-ring (bicyclic) bond motifs is 1. The highest BCUT2D eigenvalue weighted by Gasteiger charge is 2.51. The van der Waals surface area contributed by atoms with E-state index in [2.05, 4.69) is 5.32 Å². The average Bonchev–Trinajstić information content (AvgIpc) is 2.98. The molecule has 29 heavy (non-hydrogen) atoms. The summed E-state index contributed by atoms with van der Waals surface area (Å²) in [6, 6.07) is 12.8. The normalized spacial score (nSPS) is 21.2. The van der Waals surface area contributed by atoms with Gasteiger partial charge in [0.25, 0.3) is 5.91 Å². The van der Waals surface area contributed by atoms with Crippen molar-refractivity contribution >= 4 is 23.5 Å². The van der Waals surface area contributed by atoms with Crippen LogP contribution in [-0.4, -0.2) is 35.8 Å². The SMILES string of the molecule is CCC1(c2ccccc2)NC(=O)N(CC(=O)N2CCCc3cc(F)ccc32)C1=O. The van der Waals surface area contributed by atoms with Crippen LogP contribution >= 0.6 is 0 Å². The summed E-state index contributed by atoms with van der Waals surface area (Å²) in [7, 11) is 0. The molecule has 1 saturated heterocycles. The quantitative estimate of drug-likeness (QED) is 0.810. The monoisotopic (exact) mass is 395 g/mol. The standard InChI is InChI=1S/C22H22FN3O3/c1-2-22(16-8-4-3-5-9-16)20(28)26(21(29)24-22)14-19(27)25-12-6-7-15-13-17(23)10-11-18(15)25/h3-5,8-11,13H,2,6-7,12,14H2,1H3,(H,24,29). The van der Waals surface area contributed by atoms with Gasteiger partial charge in [0.05, 0.1) is 0 Å². The molecule has 7 heteroatoms. The zero-order chi connectivity index (χ0) is 20.6. The van der Waals surface area contributed by atoms with E-state index < -0.39 is 17.5 Å². The maximum Gasteiger partial charge on any atom is 0.325 e. The van der Waals surface area contributed by atoms with Gasteiger partial charge in [0.15, 0.2) is 0 Å². The van der Waals surface area contributed by atoms with Crippen LogP contribution in [0.25, 0.3) is 0 Å². The van der Waals surface area contributed by atoms with E-state index in [1.165, 1.54) is 17.0 Å². The molecule has 0 aliphatic carbocycles. The summed E-state index contributed by atoms with van der Waals surface area (Å²) >= 11 is 0. The number of benzene rings is 2. The molecule has 2 aliphatic heterocycles. The number of nitrogens with one attached hydrogen (secondary N) is 1. The topological polar surface area (TPSA) is 69.7 Å². The first-order valence-corrected chi connectivity index (χ1v) is 9.74. The lowest BCUT2D eigenvalue weighted by molar-refractivity contribution is -0.134. The van der Waals surface area contributed by atoms with E-state index in [0.29, 0.717) is 37.1 Å². The number of imide groups is 1. The molecule has 1 fully saturated rings. The molecule has 0 radical (unpaired) electrons. The zero-order valence-electron chi connectivity index (χ0n) is 16.2. The predicted octanol–water partition coefficient (Wildman–Crippen LogP) is 2.96. The van der Waals surface area contributed by atoms with E-state index in [1.807, 2.05) is 25.1 Å². The summed E-state index contributed by atoms with van der Waals surface area (Å²) < 4.78 is 13.5. The number of carbonyl (C=O) groups is 3. The Balaban J connectivity index is 1.58. The van der Waals surface area contributed by atoms with E-state index >= 15 is 0 Å². The minimum Gasteiger partial charge on any atom is -0.319 e. The van der Waals surface area contributed by atoms with Gasteiger partial charge in [-0.05, 0) is 48.6 Å². The Morgan fingerprint density at radius 1 is 1.17 bits per heavy atom. The maximum atomic E-state index is 13.5. The van der Waals surface area contributed by atoms with E-state index in [9.17, 15) is 18.8 Å². The molecule has 4 amide bonds. The van der Waals surface area contributed by atoms with Crippen molar-refractivity contribution in [2.24, 2.45) is 0 Å². The van der Waals surface area contributed by atoms with Crippen molar-refractivity contribution in [2.45, 2.75) is 31.7 Å². The van der Waals surface area contributed by atoms with E-state index in [1.54, 1.807) is 18.2 Å². The molecule has 6 nitrogen and oxygen atoms in total. The summed E-state index contributed by atoms with van der Waals surface area (Å²) in [4.78, 5) is 41.3. The molecule has 0 spiro atoms. The van der Waals surface area contributed by atoms with Gasteiger partial charge in [-0.1, -0.05) is 37.3 Å². The van der Waals surface area contributed by atoms with E-state index in [-0.39, 0.29) is 18.3 Å². The van der Waals surface area contributed by atoms with Crippen LogP contribution in [0, 0.1) is 5.82 Å². The molecule has 1 atom stereocenters. The van der Waals surface area contributed by atoms with Gasteiger partial charge >= 0.3 is 6.03 Å². The maximum absolute atomic E-state index is 13.5. The molecule has 1 N–H and O–H groups in total. The average molecular weight is 395 g/mol. The molecule has 2 aliphatic rings. The van der Waals surface area contributed by atoms with Crippen molar-refractivity contribution < 1.29 is 18.8 Å². The van der Waals surface area contributed by atoms with E-state index in [4.69, 9.17) is 0 Å². The lowest BCUT2D eigenvalue weighted by Crippen LogP contribution is -2.46. The highest BCUT2D eigenvalue weighted by Crippen LogP contribution is 2.33. The number of anilines is 1. The van der Waals surface area contributed by atoms with Crippen molar-refractivity contribution in [3.63, 3.8) is 0 Å². The third-order valence-electron chi connectivity index (χ3n) is 5.73. The van der Waals surface area contributed by atoms with Crippen LogP contribution in [0.1, 0.15) is 30.9 Å². The first kappa shape index (κ1) is 19.1. The van der Waals surface area contributed by atoms with Gasteiger partial charge in [0, 0.05) is 12.2 Å². The molecule has 0 bridgehead atoms. The summed E-state index contributed by atoms with van der Waals surface area (Å²) in [5, 5.41) is 2.79. The molecule has 0 aromatic heterocycles. The number of carbonyl (C=O) groups excluding carboxylic acids is 3. The Morgan fingerprint density at radius 2 is 1.93 bits per heavy atom. The van der Waals surface area contributed by atoms with Crippen LogP contribution in [0.2, 0.25) is 0 Å². The number of halogens is 1. The minimum absolute atomic E-state index is 0.345. The van der Waals surface area contributed by atoms with Gasteiger partial charge in [0.1, 0.15) is 17.9 Å². The fraction of sp³-hybridized carbons (Fsp3) is 0.318. The molecular weight excluding hydrogens is 373 g/mol. The van der Waals surface area contributed by atoms with Crippen molar-refractivity contribution in [2.75, 3.05) is 18.0 Å². The number of hydrogen-bond donors (Lipinski definition) is 1. The van der Waals surface area contributed by atoms with Gasteiger partial charge in [-0.3, -0.25) is 14.5 Å². The van der Waals surface area contributed by atoms with Gasteiger partial charge in [0.2, 0.25) is 5.91 Å². The van der Waals surface area contributed by atoms with Crippen molar-refractivity contribution in [3.8, 4) is 0 Å². The third kappa shape index (κ3) is 3.16. The second kappa shape index (κ2) is 7.31. The lowest BCUT2D eigenvalue weighted by Gasteiger charge is -2.31. The van der Waals surface area contributed by atoms with Crippen LogP contribution in [0.5, 0.6) is 0 Å². The Morgan fingerprint density at radius 3 is 2.66 bits per heavy atom. The van der Waals surface area contributed by atoms with Gasteiger partial charge in [-0.2, -0.15) is 0 Å². The lowest BCUT2D eigenvalue weighted by atomic mass is 9.87. The van der Waals surface area contributed by atoms with Gasteiger partial charge < -0.3 is 10.2 Å². The minimum atomic E-state index is -1.17. The second-order valence-electron chi connectivity index (χ2n) is 7.37. The van der Waals surface area contributed by atoms with Crippen LogP contribution in [0.4, 0.5) is 14.9 Å². The number of rotatable bonds is 4. The predicted molar refractivity (Wildman–Crippen MR) is 106 cm³/mol. The van der Waals surface area contributed by atoms with Gasteiger partial charge in [-0.25, -0.2) is 9.18 Å². The summed E-state index contributed by atoms with van der Waals surface area (Å²) in [6.45, 7) is 1.95. The van der Waals surface area contributed by atoms with Crippen LogP contribution in [0.15, 0.2) is 48.5 Å². The number of amides is 4. The molecule has 2 aromatic carbocycles. The van der Waals surface area contributed by atoms with Gasteiger partial charge in [-0.15, -0.1) is 0 Å². The fourth-order valence-electron chi connectivity index (χ4n) is 4.18. The van der Waals surface area contributed by atoms with Crippen LogP contribution in [-0.2, 0) is 21.5 Å². The number of urea groups is 1. The largest absolute Gasteiger partial charge is 0.325 e. The van der Waals surface area contributed by atoms with Crippen molar-refractivity contribution in [1.82, 2.24) is 10.2 Å².